The number of aromatic nitrogens is 2. The molecule has 0 aliphatic carbocycles. The summed E-state index contributed by atoms with van der Waals surface area (Å²) >= 11 is 1.64. The molecule has 1 aromatic heterocycles. The molecule has 2 aliphatic heterocycles. The zero-order valence-corrected chi connectivity index (χ0v) is 18.4. The van der Waals surface area contributed by atoms with Crippen LogP contribution in [0.3, 0.4) is 0 Å². The minimum Gasteiger partial charge on any atom is -0.348 e. The Kier molecular flexibility index (Phi) is 6.62. The first kappa shape index (κ1) is 21.8. The third-order valence-corrected chi connectivity index (χ3v) is 6.90. The van der Waals surface area contributed by atoms with Crippen molar-refractivity contribution in [3.8, 4) is 0 Å². The van der Waals surface area contributed by atoms with Gasteiger partial charge in [0.1, 0.15) is 11.9 Å². The van der Waals surface area contributed by atoms with Crippen LogP contribution in [-0.2, 0) is 16.8 Å². The van der Waals surface area contributed by atoms with Crippen LogP contribution in [0.2, 0.25) is 0 Å². The predicted molar refractivity (Wildman–Crippen MR) is 118 cm³/mol. The van der Waals surface area contributed by atoms with Gasteiger partial charge in [-0.15, -0.1) is 0 Å². The van der Waals surface area contributed by atoms with Gasteiger partial charge in [-0.05, 0) is 55.5 Å². The summed E-state index contributed by atoms with van der Waals surface area (Å²) in [5.41, 5.74) is 2.42. The van der Waals surface area contributed by atoms with Crippen molar-refractivity contribution in [3.63, 3.8) is 0 Å². The third kappa shape index (κ3) is 4.62. The molecule has 2 aliphatic rings. The summed E-state index contributed by atoms with van der Waals surface area (Å²) in [6, 6.07) is 4.76. The Morgan fingerprint density at radius 2 is 2.03 bits per heavy atom. The zero-order chi connectivity index (χ0) is 21.8. The van der Waals surface area contributed by atoms with Crippen molar-refractivity contribution in [2.24, 2.45) is 0 Å². The van der Waals surface area contributed by atoms with E-state index in [0.717, 1.165) is 37.3 Å². The van der Waals surface area contributed by atoms with E-state index in [-0.39, 0.29) is 17.4 Å². The molecule has 2 aromatic rings. The Hall–Kier alpha value is -2.39. The highest BCUT2D eigenvalue weighted by atomic mass is 32.2. The van der Waals surface area contributed by atoms with E-state index in [1.807, 2.05) is 11.2 Å². The fourth-order valence-corrected chi connectivity index (χ4v) is 4.98. The number of halogens is 1. The standard InChI is InChI=1S/C22H28FN5O2S/c1-31-13-7-18(27-20(29)15-2-4-16(23)5-3-15)21(30)28-11-8-22(9-12-28)19-17(6-10-26-22)24-14-25-19/h2-5,14,18,26H,6-13H2,1H3,(H,24,25)(H,27,29). The van der Waals surface area contributed by atoms with Crippen molar-refractivity contribution >= 4 is 23.6 Å². The lowest BCUT2D eigenvalue weighted by Gasteiger charge is -2.44. The zero-order valence-electron chi connectivity index (χ0n) is 17.6. The topological polar surface area (TPSA) is 90.1 Å². The second-order valence-corrected chi connectivity index (χ2v) is 9.11. The number of carbonyl (C=O) groups is 2. The lowest BCUT2D eigenvalue weighted by Crippen LogP contribution is -2.57. The van der Waals surface area contributed by atoms with Crippen molar-refractivity contribution in [3.05, 3.63) is 53.4 Å². The number of imidazole rings is 1. The van der Waals surface area contributed by atoms with Crippen molar-refractivity contribution in [1.82, 2.24) is 25.5 Å². The number of H-pyrrole nitrogens is 1. The van der Waals surface area contributed by atoms with Crippen LogP contribution in [0.1, 0.15) is 41.0 Å². The van der Waals surface area contributed by atoms with Crippen LogP contribution in [0.15, 0.2) is 30.6 Å². The number of carbonyl (C=O) groups excluding carboxylic acids is 2. The normalized spacial score (nSPS) is 18.5. The van der Waals surface area contributed by atoms with E-state index < -0.39 is 11.9 Å². The number of nitrogens with one attached hydrogen (secondary N) is 3. The van der Waals surface area contributed by atoms with Gasteiger partial charge in [-0.2, -0.15) is 11.8 Å². The molecule has 0 saturated carbocycles. The summed E-state index contributed by atoms with van der Waals surface area (Å²) in [4.78, 5) is 35.6. The number of piperidine rings is 1. The number of nitrogens with zero attached hydrogens (tertiary/aromatic N) is 2. The molecule has 3 N–H and O–H groups in total. The first-order valence-corrected chi connectivity index (χ1v) is 12.0. The van der Waals surface area contributed by atoms with Crippen LogP contribution in [0.25, 0.3) is 0 Å². The number of hydrogen-bond acceptors (Lipinski definition) is 5. The second-order valence-electron chi connectivity index (χ2n) is 8.13. The molecule has 7 nitrogen and oxygen atoms in total. The first-order chi connectivity index (χ1) is 15.0. The molecule has 0 radical (unpaired) electrons. The number of likely N-dealkylation sites (tertiary alicyclic amines) is 1. The SMILES string of the molecule is CSCCC(NC(=O)c1ccc(F)cc1)C(=O)N1CCC2(CC1)NCCc1[nH]cnc12. The monoisotopic (exact) mass is 445 g/mol. The van der Waals surface area contributed by atoms with E-state index in [0.29, 0.717) is 25.1 Å². The van der Waals surface area contributed by atoms with E-state index in [2.05, 4.69) is 20.6 Å². The summed E-state index contributed by atoms with van der Waals surface area (Å²) in [6.07, 6.45) is 6.79. The van der Waals surface area contributed by atoms with Gasteiger partial charge in [-0.1, -0.05) is 0 Å². The fourth-order valence-electron chi connectivity index (χ4n) is 4.51. The summed E-state index contributed by atoms with van der Waals surface area (Å²) in [7, 11) is 0. The molecule has 1 aromatic carbocycles. The first-order valence-electron chi connectivity index (χ1n) is 10.6. The van der Waals surface area contributed by atoms with E-state index in [9.17, 15) is 14.0 Å². The van der Waals surface area contributed by atoms with Gasteiger partial charge in [0, 0.05) is 37.3 Å². The number of benzene rings is 1. The van der Waals surface area contributed by atoms with E-state index in [1.54, 1.807) is 18.1 Å². The highest BCUT2D eigenvalue weighted by molar-refractivity contribution is 7.98. The van der Waals surface area contributed by atoms with Gasteiger partial charge in [0.2, 0.25) is 5.91 Å². The van der Waals surface area contributed by atoms with Gasteiger partial charge in [0.05, 0.1) is 17.6 Å². The van der Waals surface area contributed by atoms with Crippen LogP contribution in [0, 0.1) is 5.82 Å². The lowest BCUT2D eigenvalue weighted by molar-refractivity contribution is -0.135. The Bertz CT molecular complexity index is 924. The summed E-state index contributed by atoms with van der Waals surface area (Å²) in [5.74, 6) is -0.0542. The molecule has 1 atom stereocenters. The second kappa shape index (κ2) is 9.40. The highest BCUT2D eigenvalue weighted by Gasteiger charge is 2.42. The van der Waals surface area contributed by atoms with Gasteiger partial charge in [0.15, 0.2) is 0 Å². The number of thioether (sulfide) groups is 1. The maximum Gasteiger partial charge on any atom is 0.251 e. The molecule has 3 heterocycles. The molecule has 166 valence electrons. The van der Waals surface area contributed by atoms with Crippen LogP contribution in [0.5, 0.6) is 0 Å². The average molecular weight is 446 g/mol. The quantitative estimate of drug-likeness (QED) is 0.633. The smallest absolute Gasteiger partial charge is 0.251 e. The lowest BCUT2D eigenvalue weighted by atomic mass is 9.80. The molecular formula is C22H28FN5O2S. The molecule has 1 fully saturated rings. The van der Waals surface area contributed by atoms with Crippen molar-refractivity contribution in [2.75, 3.05) is 31.6 Å². The number of amides is 2. The van der Waals surface area contributed by atoms with Crippen LogP contribution < -0.4 is 10.6 Å². The van der Waals surface area contributed by atoms with Gasteiger partial charge in [-0.3, -0.25) is 9.59 Å². The third-order valence-electron chi connectivity index (χ3n) is 6.26. The van der Waals surface area contributed by atoms with E-state index in [4.69, 9.17) is 0 Å². The van der Waals surface area contributed by atoms with Crippen LogP contribution in [0.4, 0.5) is 4.39 Å². The van der Waals surface area contributed by atoms with Gasteiger partial charge >= 0.3 is 0 Å². The number of fused-ring (bicyclic) bond motifs is 2. The van der Waals surface area contributed by atoms with E-state index >= 15 is 0 Å². The number of hydrogen-bond donors (Lipinski definition) is 3. The maximum atomic E-state index is 13.3. The van der Waals surface area contributed by atoms with Gasteiger partial charge in [-0.25, -0.2) is 9.37 Å². The van der Waals surface area contributed by atoms with E-state index in [1.165, 1.54) is 30.0 Å². The van der Waals surface area contributed by atoms with Gasteiger partial charge in [0.25, 0.3) is 5.91 Å². The molecule has 9 heteroatoms. The molecule has 0 bridgehead atoms. The molecular weight excluding hydrogens is 417 g/mol. The van der Waals surface area contributed by atoms with Crippen LogP contribution >= 0.6 is 11.8 Å². The molecule has 1 saturated heterocycles. The largest absolute Gasteiger partial charge is 0.348 e. The summed E-state index contributed by atoms with van der Waals surface area (Å²) in [5, 5.41) is 6.50. The Labute approximate surface area is 185 Å². The van der Waals surface area contributed by atoms with Crippen molar-refractivity contribution in [1.29, 1.82) is 0 Å². The minimum absolute atomic E-state index is 0.0579. The molecule has 4 rings (SSSR count). The van der Waals surface area contributed by atoms with Crippen molar-refractivity contribution < 1.29 is 14.0 Å². The fraction of sp³-hybridized carbons (Fsp3) is 0.500. The summed E-state index contributed by atoms with van der Waals surface area (Å²) in [6.45, 7) is 2.12. The van der Waals surface area contributed by atoms with Crippen LogP contribution in [-0.4, -0.2) is 64.4 Å². The maximum absolute atomic E-state index is 13.3. The number of rotatable bonds is 6. The van der Waals surface area contributed by atoms with Gasteiger partial charge < -0.3 is 20.5 Å². The average Bonchev–Trinajstić information content (AvgIpc) is 3.28. The molecule has 31 heavy (non-hydrogen) atoms. The Morgan fingerprint density at radius 3 is 2.74 bits per heavy atom. The number of aromatic amines is 1. The molecule has 2 amide bonds. The minimum atomic E-state index is -0.598. The molecule has 1 unspecified atom stereocenters. The highest BCUT2D eigenvalue weighted by Crippen LogP contribution is 2.36. The Balaban J connectivity index is 1.42. The van der Waals surface area contributed by atoms with Crippen molar-refractivity contribution in [2.45, 2.75) is 37.3 Å². The Morgan fingerprint density at radius 1 is 1.29 bits per heavy atom. The predicted octanol–water partition coefficient (Wildman–Crippen LogP) is 2.06. The summed E-state index contributed by atoms with van der Waals surface area (Å²) < 4.78 is 13.2. The molecule has 1 spiro atoms.